The highest BCUT2D eigenvalue weighted by atomic mass is 32.1. The first-order chi connectivity index (χ1) is 10.6. The van der Waals surface area contributed by atoms with E-state index in [0.717, 1.165) is 27.7 Å². The minimum atomic E-state index is 0.539. The fraction of sp³-hybridized carbons (Fsp3) is 0.125. The third-order valence-corrected chi connectivity index (χ3v) is 4.73. The number of aryl methyl sites for hydroxylation is 1. The average molecular weight is 309 g/mol. The lowest BCUT2D eigenvalue weighted by molar-refractivity contribution is 1.05. The number of nitrogens with zero attached hydrogens (tertiary/aromatic N) is 2. The molecular weight excluding hydrogens is 294 g/mol. The molecule has 0 aliphatic carbocycles. The highest BCUT2D eigenvalue weighted by molar-refractivity contribution is 7.19. The zero-order valence-corrected chi connectivity index (χ0v) is 12.9. The van der Waals surface area contributed by atoms with Crippen LogP contribution in [0.1, 0.15) is 16.3 Å². The van der Waals surface area contributed by atoms with Crippen LogP contribution in [0.25, 0.3) is 21.0 Å². The summed E-state index contributed by atoms with van der Waals surface area (Å²) in [6.07, 6.45) is 2.39. The quantitative estimate of drug-likeness (QED) is 0.530. The van der Waals surface area contributed by atoms with Crippen molar-refractivity contribution in [1.82, 2.24) is 15.0 Å². The number of nitrogens with one attached hydrogen (secondary N) is 1. The Hall–Kier alpha value is -2.60. The van der Waals surface area contributed by atoms with Gasteiger partial charge in [-0.15, -0.1) is 11.3 Å². The van der Waals surface area contributed by atoms with Gasteiger partial charge in [0.15, 0.2) is 0 Å². The van der Waals surface area contributed by atoms with Crippen molar-refractivity contribution in [3.63, 3.8) is 0 Å². The van der Waals surface area contributed by atoms with Crippen molar-refractivity contribution < 1.29 is 0 Å². The molecule has 0 spiro atoms. The smallest absolute Gasteiger partial charge is 0.132 e. The Labute approximate surface area is 131 Å². The van der Waals surface area contributed by atoms with Crippen LogP contribution in [0.5, 0.6) is 0 Å². The molecule has 0 bridgehead atoms. The molecule has 6 heteroatoms. The second kappa shape index (κ2) is 4.71. The summed E-state index contributed by atoms with van der Waals surface area (Å²) in [6.45, 7) is 2.08. The van der Waals surface area contributed by atoms with Crippen LogP contribution in [-0.4, -0.2) is 15.0 Å². The van der Waals surface area contributed by atoms with Crippen molar-refractivity contribution in [1.29, 1.82) is 0 Å². The minimum Gasteiger partial charge on any atom is -0.383 e. The first-order valence-electron chi connectivity index (χ1n) is 6.98. The van der Waals surface area contributed by atoms with Crippen molar-refractivity contribution in [3.05, 3.63) is 46.7 Å². The van der Waals surface area contributed by atoms with E-state index in [9.17, 15) is 0 Å². The molecule has 4 aromatic heterocycles. The molecule has 0 saturated heterocycles. The minimum absolute atomic E-state index is 0.539. The van der Waals surface area contributed by atoms with Gasteiger partial charge in [0.25, 0.3) is 0 Å². The third kappa shape index (κ3) is 2.08. The van der Waals surface area contributed by atoms with Gasteiger partial charge in [-0.1, -0.05) is 0 Å². The predicted octanol–water partition coefficient (Wildman–Crippen LogP) is 3.24. The van der Waals surface area contributed by atoms with Gasteiger partial charge >= 0.3 is 0 Å². The topological polar surface area (TPSA) is 93.6 Å². The molecule has 110 valence electrons. The highest BCUT2D eigenvalue weighted by Gasteiger charge is 2.09. The predicted molar refractivity (Wildman–Crippen MR) is 92.1 cm³/mol. The van der Waals surface area contributed by atoms with E-state index < -0.39 is 0 Å². The van der Waals surface area contributed by atoms with E-state index in [1.807, 2.05) is 12.1 Å². The standard InChI is InChI=1S/C16H15N5S/c1-8-4-12-14(22-8)7-10(21-16(12)18)5-9-6-11-13(20-9)2-3-19-15(11)17/h2-4,6-7,20H,5H2,1H3,(H2,17,19)(H2,18,21). The Kier molecular flexibility index (Phi) is 2.80. The molecule has 0 amide bonds. The Balaban J connectivity index is 1.76. The van der Waals surface area contributed by atoms with Gasteiger partial charge in [0.05, 0.1) is 11.2 Å². The Morgan fingerprint density at radius 1 is 1.14 bits per heavy atom. The summed E-state index contributed by atoms with van der Waals surface area (Å²) >= 11 is 1.74. The third-order valence-electron chi connectivity index (χ3n) is 3.73. The van der Waals surface area contributed by atoms with E-state index in [1.165, 1.54) is 9.58 Å². The largest absolute Gasteiger partial charge is 0.383 e. The molecule has 4 heterocycles. The number of fused-ring (bicyclic) bond motifs is 2. The molecule has 5 N–H and O–H groups in total. The van der Waals surface area contributed by atoms with Crippen LogP contribution < -0.4 is 11.5 Å². The molecule has 0 unspecified atom stereocenters. The second-order valence-electron chi connectivity index (χ2n) is 5.40. The van der Waals surface area contributed by atoms with E-state index >= 15 is 0 Å². The molecule has 0 fully saturated rings. The van der Waals surface area contributed by atoms with Gasteiger partial charge in [0.2, 0.25) is 0 Å². The molecule has 0 radical (unpaired) electrons. The molecule has 0 aliphatic heterocycles. The average Bonchev–Trinajstić information content (AvgIpc) is 3.02. The lowest BCUT2D eigenvalue weighted by Gasteiger charge is -2.02. The van der Waals surface area contributed by atoms with Crippen molar-refractivity contribution >= 4 is 44.0 Å². The molecule has 4 aromatic rings. The maximum Gasteiger partial charge on any atom is 0.132 e. The Morgan fingerprint density at radius 2 is 2.00 bits per heavy atom. The molecule has 0 atom stereocenters. The van der Waals surface area contributed by atoms with Crippen LogP contribution in [0.2, 0.25) is 0 Å². The van der Waals surface area contributed by atoms with Crippen molar-refractivity contribution in [3.8, 4) is 0 Å². The number of nitrogens with two attached hydrogens (primary N) is 2. The lowest BCUT2D eigenvalue weighted by atomic mass is 10.2. The van der Waals surface area contributed by atoms with Crippen LogP contribution in [0.15, 0.2) is 30.5 Å². The number of aromatic nitrogens is 3. The van der Waals surface area contributed by atoms with Gasteiger partial charge in [-0.3, -0.25) is 0 Å². The summed E-state index contributed by atoms with van der Waals surface area (Å²) in [5.41, 5.74) is 15.0. The number of anilines is 2. The van der Waals surface area contributed by atoms with E-state index in [1.54, 1.807) is 17.5 Å². The number of hydrogen-bond acceptors (Lipinski definition) is 5. The van der Waals surface area contributed by atoms with Crippen LogP contribution in [0.3, 0.4) is 0 Å². The first kappa shape index (κ1) is 13.1. The summed E-state index contributed by atoms with van der Waals surface area (Å²) in [5, 5.41) is 1.98. The number of H-pyrrole nitrogens is 1. The summed E-state index contributed by atoms with van der Waals surface area (Å²) in [5.74, 6) is 1.13. The van der Waals surface area contributed by atoms with Gasteiger partial charge in [-0.25, -0.2) is 9.97 Å². The Bertz CT molecular complexity index is 999. The monoisotopic (exact) mass is 309 g/mol. The molecule has 22 heavy (non-hydrogen) atoms. The number of hydrogen-bond donors (Lipinski definition) is 3. The van der Waals surface area contributed by atoms with Crippen LogP contribution in [0, 0.1) is 6.92 Å². The summed E-state index contributed by atoms with van der Waals surface area (Å²) < 4.78 is 1.18. The molecule has 0 saturated carbocycles. The van der Waals surface area contributed by atoms with E-state index in [0.29, 0.717) is 18.1 Å². The fourth-order valence-electron chi connectivity index (χ4n) is 2.75. The number of aromatic amines is 1. The number of thiophene rings is 1. The van der Waals surface area contributed by atoms with Crippen molar-refractivity contribution in [2.45, 2.75) is 13.3 Å². The number of pyridine rings is 2. The van der Waals surface area contributed by atoms with Gasteiger partial charge < -0.3 is 16.5 Å². The SMILES string of the molecule is Cc1cc2c(N)nc(Cc3cc4c(N)nccc4[nH]3)cc2s1. The zero-order valence-electron chi connectivity index (χ0n) is 12.1. The lowest BCUT2D eigenvalue weighted by Crippen LogP contribution is -1.97. The second-order valence-corrected chi connectivity index (χ2v) is 6.68. The first-order valence-corrected chi connectivity index (χ1v) is 7.79. The van der Waals surface area contributed by atoms with Gasteiger partial charge in [0.1, 0.15) is 11.6 Å². The maximum atomic E-state index is 6.08. The molecule has 0 aliphatic rings. The fourth-order valence-corrected chi connectivity index (χ4v) is 3.74. The van der Waals surface area contributed by atoms with Crippen molar-refractivity contribution in [2.24, 2.45) is 0 Å². The molecule has 4 rings (SSSR count). The van der Waals surface area contributed by atoms with Gasteiger partial charge in [-0.05, 0) is 31.2 Å². The summed E-state index contributed by atoms with van der Waals surface area (Å²) in [4.78, 5) is 13.2. The van der Waals surface area contributed by atoms with Crippen LogP contribution in [0.4, 0.5) is 11.6 Å². The Morgan fingerprint density at radius 3 is 2.82 bits per heavy atom. The highest BCUT2D eigenvalue weighted by Crippen LogP contribution is 2.30. The molecule has 0 aromatic carbocycles. The molecule has 5 nitrogen and oxygen atoms in total. The van der Waals surface area contributed by atoms with Gasteiger partial charge in [-0.2, -0.15) is 0 Å². The number of rotatable bonds is 2. The van der Waals surface area contributed by atoms with Crippen LogP contribution in [-0.2, 0) is 6.42 Å². The zero-order chi connectivity index (χ0) is 15.3. The summed E-state index contributed by atoms with van der Waals surface area (Å²) in [6, 6.07) is 8.14. The van der Waals surface area contributed by atoms with E-state index in [4.69, 9.17) is 11.5 Å². The number of nitrogen functional groups attached to an aromatic ring is 2. The molecular formula is C16H15N5S. The van der Waals surface area contributed by atoms with Crippen LogP contribution >= 0.6 is 11.3 Å². The summed E-state index contributed by atoms with van der Waals surface area (Å²) in [7, 11) is 0. The van der Waals surface area contributed by atoms with Crippen molar-refractivity contribution in [2.75, 3.05) is 11.5 Å². The maximum absolute atomic E-state index is 6.08. The van der Waals surface area contributed by atoms with E-state index in [2.05, 4.69) is 34.0 Å². The van der Waals surface area contributed by atoms with E-state index in [-0.39, 0.29) is 0 Å². The normalized spacial score (nSPS) is 11.5. The van der Waals surface area contributed by atoms with Gasteiger partial charge in [0, 0.05) is 38.7 Å².